The van der Waals surface area contributed by atoms with Crippen LogP contribution >= 0.6 is 11.8 Å². The number of amides is 1. The van der Waals surface area contributed by atoms with Crippen LogP contribution in [0.5, 0.6) is 0 Å². The molecule has 0 bridgehead atoms. The Balaban J connectivity index is 1.68. The molecular formula is C13H17N5O2S. The molecule has 2 aromatic rings. The Kier molecular flexibility index (Phi) is 3.96. The predicted molar refractivity (Wildman–Crippen MR) is 80.3 cm³/mol. The molecule has 2 N–H and O–H groups in total. The van der Waals surface area contributed by atoms with Crippen molar-refractivity contribution < 1.29 is 4.79 Å². The lowest BCUT2D eigenvalue weighted by Crippen LogP contribution is -2.43. The fraction of sp³-hybridized carbons (Fsp3) is 0.538. The number of fused-ring (bicyclic) bond motifs is 1. The van der Waals surface area contributed by atoms with Gasteiger partial charge in [-0.15, -0.1) is 0 Å². The smallest absolute Gasteiger partial charge is 0.277 e. The molecule has 0 radical (unpaired) electrons. The van der Waals surface area contributed by atoms with E-state index in [9.17, 15) is 9.59 Å². The first-order valence-corrected chi connectivity index (χ1v) is 7.99. The van der Waals surface area contributed by atoms with Gasteiger partial charge < -0.3 is 9.88 Å². The van der Waals surface area contributed by atoms with Crippen molar-refractivity contribution >= 4 is 28.8 Å². The molecule has 2 aromatic heterocycles. The second-order valence-corrected chi connectivity index (χ2v) is 6.16. The fourth-order valence-electron chi connectivity index (χ4n) is 2.57. The molecule has 112 valence electrons. The average molecular weight is 307 g/mol. The summed E-state index contributed by atoms with van der Waals surface area (Å²) >= 11 is 1.24. The van der Waals surface area contributed by atoms with Gasteiger partial charge in [0.25, 0.3) is 5.56 Å². The molecule has 1 saturated heterocycles. The van der Waals surface area contributed by atoms with Crippen molar-refractivity contribution in [1.29, 1.82) is 0 Å². The number of aromatic nitrogens is 4. The highest BCUT2D eigenvalue weighted by atomic mass is 32.2. The average Bonchev–Trinajstić information content (AvgIpc) is 2.94. The minimum Gasteiger partial charge on any atom is -0.339 e. The van der Waals surface area contributed by atoms with Crippen LogP contribution in [0.3, 0.4) is 0 Å². The fourth-order valence-corrected chi connectivity index (χ4v) is 3.31. The molecule has 1 fully saturated rings. The van der Waals surface area contributed by atoms with Crippen molar-refractivity contribution in [3.8, 4) is 0 Å². The Labute approximate surface area is 125 Å². The van der Waals surface area contributed by atoms with Crippen LogP contribution in [0.2, 0.25) is 0 Å². The van der Waals surface area contributed by atoms with Crippen molar-refractivity contribution in [3.63, 3.8) is 0 Å². The third kappa shape index (κ3) is 2.94. The number of likely N-dealkylation sites (tertiary alicyclic amines) is 1. The third-order valence-electron chi connectivity index (χ3n) is 3.73. The molecule has 1 atom stereocenters. The number of carbonyl (C=O) groups is 1. The number of H-pyrrole nitrogens is 2. The number of nitrogens with zero attached hydrogens (tertiary/aromatic N) is 3. The molecule has 1 aliphatic heterocycles. The van der Waals surface area contributed by atoms with Gasteiger partial charge in [0, 0.05) is 12.6 Å². The van der Waals surface area contributed by atoms with Gasteiger partial charge in [-0.25, -0.2) is 9.97 Å². The van der Waals surface area contributed by atoms with Gasteiger partial charge in [0.05, 0.1) is 12.1 Å². The van der Waals surface area contributed by atoms with E-state index in [2.05, 4.69) is 26.9 Å². The van der Waals surface area contributed by atoms with Gasteiger partial charge in [-0.1, -0.05) is 11.8 Å². The van der Waals surface area contributed by atoms with Crippen LogP contribution in [0.25, 0.3) is 11.2 Å². The van der Waals surface area contributed by atoms with Gasteiger partial charge in [-0.05, 0) is 26.2 Å². The van der Waals surface area contributed by atoms with Crippen molar-refractivity contribution in [2.75, 3.05) is 12.3 Å². The number of aromatic amines is 2. The molecular weight excluding hydrogens is 290 g/mol. The Morgan fingerprint density at radius 3 is 3.19 bits per heavy atom. The minimum absolute atomic E-state index is 0.0944. The van der Waals surface area contributed by atoms with Crippen LogP contribution in [-0.2, 0) is 4.79 Å². The lowest BCUT2D eigenvalue weighted by Gasteiger charge is -2.33. The Bertz CT molecular complexity index is 710. The normalized spacial score (nSPS) is 19.1. The standard InChI is InChI=1S/C13H17N5O2S/c1-8-4-2-3-5-18(8)9(19)6-21-13-16-11-10(12(20)17-13)14-7-15-11/h7-8H,2-6H2,1H3,(H2,14,15,16,17,20). The number of imidazole rings is 1. The highest BCUT2D eigenvalue weighted by Gasteiger charge is 2.23. The highest BCUT2D eigenvalue weighted by molar-refractivity contribution is 7.99. The topological polar surface area (TPSA) is 94.7 Å². The molecule has 1 aliphatic rings. The summed E-state index contributed by atoms with van der Waals surface area (Å²) in [6.45, 7) is 2.90. The number of hydrogen-bond donors (Lipinski definition) is 2. The summed E-state index contributed by atoms with van der Waals surface area (Å²) in [5.74, 6) is 0.375. The van der Waals surface area contributed by atoms with Gasteiger partial charge in [0.15, 0.2) is 16.3 Å². The van der Waals surface area contributed by atoms with Crippen molar-refractivity contribution in [3.05, 3.63) is 16.7 Å². The second-order valence-electron chi connectivity index (χ2n) is 5.19. The molecule has 7 nitrogen and oxygen atoms in total. The molecule has 0 aliphatic carbocycles. The number of carbonyl (C=O) groups excluding carboxylic acids is 1. The van der Waals surface area contributed by atoms with Crippen LogP contribution in [0.1, 0.15) is 26.2 Å². The summed E-state index contributed by atoms with van der Waals surface area (Å²) in [4.78, 5) is 39.5. The van der Waals surface area contributed by atoms with E-state index in [1.165, 1.54) is 24.5 Å². The SMILES string of the molecule is CC1CCCCN1C(=O)CSc1nc2nc[nH]c2c(=O)[nH]1. The Hall–Kier alpha value is -1.83. The van der Waals surface area contributed by atoms with Gasteiger partial charge in [0.1, 0.15) is 0 Å². The third-order valence-corrected chi connectivity index (χ3v) is 4.59. The first-order chi connectivity index (χ1) is 10.1. The van der Waals surface area contributed by atoms with E-state index in [1.807, 2.05) is 4.90 Å². The Morgan fingerprint density at radius 2 is 2.38 bits per heavy atom. The van der Waals surface area contributed by atoms with Crippen LogP contribution < -0.4 is 5.56 Å². The maximum absolute atomic E-state index is 12.2. The van der Waals surface area contributed by atoms with Crippen molar-refractivity contribution in [2.24, 2.45) is 0 Å². The lowest BCUT2D eigenvalue weighted by atomic mass is 10.0. The maximum Gasteiger partial charge on any atom is 0.277 e. The van der Waals surface area contributed by atoms with E-state index in [1.54, 1.807) is 0 Å². The number of piperidine rings is 1. The van der Waals surface area contributed by atoms with Gasteiger partial charge in [-0.3, -0.25) is 14.6 Å². The zero-order chi connectivity index (χ0) is 14.8. The molecule has 21 heavy (non-hydrogen) atoms. The van der Waals surface area contributed by atoms with Crippen LogP contribution in [-0.4, -0.2) is 49.1 Å². The van der Waals surface area contributed by atoms with Gasteiger partial charge in [-0.2, -0.15) is 0 Å². The Morgan fingerprint density at radius 1 is 1.52 bits per heavy atom. The number of nitrogens with one attached hydrogen (secondary N) is 2. The first-order valence-electron chi connectivity index (χ1n) is 7.01. The van der Waals surface area contributed by atoms with E-state index in [4.69, 9.17) is 0 Å². The number of hydrogen-bond acceptors (Lipinski definition) is 5. The van der Waals surface area contributed by atoms with E-state index in [-0.39, 0.29) is 17.2 Å². The predicted octanol–water partition coefficient (Wildman–Crippen LogP) is 1.14. The highest BCUT2D eigenvalue weighted by Crippen LogP contribution is 2.19. The second kappa shape index (κ2) is 5.88. The van der Waals surface area contributed by atoms with Crippen molar-refractivity contribution in [1.82, 2.24) is 24.8 Å². The number of thioether (sulfide) groups is 1. The van der Waals surface area contributed by atoms with Crippen LogP contribution in [0.4, 0.5) is 0 Å². The molecule has 1 amide bonds. The summed E-state index contributed by atoms with van der Waals surface area (Å²) < 4.78 is 0. The van der Waals surface area contributed by atoms with E-state index >= 15 is 0 Å². The molecule has 3 heterocycles. The summed E-state index contributed by atoms with van der Waals surface area (Å²) in [6.07, 6.45) is 4.74. The summed E-state index contributed by atoms with van der Waals surface area (Å²) in [5.41, 5.74) is 0.467. The van der Waals surface area contributed by atoms with Gasteiger partial charge in [0.2, 0.25) is 5.91 Å². The summed E-state index contributed by atoms with van der Waals surface area (Å²) in [6, 6.07) is 0.299. The molecule has 1 unspecified atom stereocenters. The van der Waals surface area contributed by atoms with Gasteiger partial charge >= 0.3 is 0 Å². The molecule has 8 heteroatoms. The summed E-state index contributed by atoms with van der Waals surface area (Å²) in [5, 5.41) is 0.428. The first kappa shape index (κ1) is 14.1. The van der Waals surface area contributed by atoms with E-state index in [0.717, 1.165) is 19.4 Å². The van der Waals surface area contributed by atoms with E-state index < -0.39 is 0 Å². The monoisotopic (exact) mass is 307 g/mol. The van der Waals surface area contributed by atoms with Crippen molar-refractivity contribution in [2.45, 2.75) is 37.4 Å². The maximum atomic E-state index is 12.2. The largest absolute Gasteiger partial charge is 0.339 e. The molecule has 0 saturated carbocycles. The molecule has 0 aromatic carbocycles. The number of rotatable bonds is 3. The van der Waals surface area contributed by atoms with Crippen LogP contribution in [0, 0.1) is 0 Å². The van der Waals surface area contributed by atoms with E-state index in [0.29, 0.717) is 22.4 Å². The zero-order valence-corrected chi connectivity index (χ0v) is 12.6. The molecule has 0 spiro atoms. The summed E-state index contributed by atoms with van der Waals surface area (Å²) in [7, 11) is 0. The molecule has 3 rings (SSSR count). The van der Waals surface area contributed by atoms with Crippen LogP contribution in [0.15, 0.2) is 16.3 Å². The minimum atomic E-state index is -0.265. The lowest BCUT2D eigenvalue weighted by molar-refractivity contribution is -0.131. The quantitative estimate of drug-likeness (QED) is 0.655. The zero-order valence-electron chi connectivity index (χ0n) is 11.8.